The van der Waals surface area contributed by atoms with Crippen molar-refractivity contribution in [3.8, 4) is 17.6 Å². The highest BCUT2D eigenvalue weighted by atomic mass is 79.9. The van der Waals surface area contributed by atoms with Gasteiger partial charge in [-0.1, -0.05) is 29.8 Å². The Balaban J connectivity index is 1.82. The SMILES string of the molecule is COc1ccc(NC(=O)/C(C#N)=C/c2cc(Br)c(OCc3ccccc3Cl)c(Br)c2)c([N+](=O)[O-])c1. The lowest BCUT2D eigenvalue weighted by molar-refractivity contribution is -0.384. The molecule has 35 heavy (non-hydrogen) atoms. The van der Waals surface area contributed by atoms with Crippen molar-refractivity contribution in [1.29, 1.82) is 5.26 Å². The molecule has 0 fully saturated rings. The van der Waals surface area contributed by atoms with E-state index in [0.717, 1.165) is 5.56 Å². The topological polar surface area (TPSA) is 114 Å². The van der Waals surface area contributed by atoms with Crippen LogP contribution in [0, 0.1) is 21.4 Å². The fourth-order valence-corrected chi connectivity index (χ4v) is 4.61. The predicted octanol–water partition coefficient (Wildman–Crippen LogP) is 6.91. The number of amides is 1. The van der Waals surface area contributed by atoms with E-state index in [1.807, 2.05) is 24.3 Å². The van der Waals surface area contributed by atoms with E-state index in [9.17, 15) is 20.2 Å². The number of carbonyl (C=O) groups is 1. The Bertz CT molecular complexity index is 1350. The van der Waals surface area contributed by atoms with Gasteiger partial charge in [0.15, 0.2) is 0 Å². The van der Waals surface area contributed by atoms with Crippen LogP contribution in [0.1, 0.15) is 11.1 Å². The number of nitrogens with one attached hydrogen (secondary N) is 1. The minimum atomic E-state index is -0.799. The van der Waals surface area contributed by atoms with E-state index in [-0.39, 0.29) is 29.3 Å². The molecule has 3 aromatic rings. The number of nitro groups is 1. The molecular formula is C24H16Br2ClN3O5. The zero-order valence-corrected chi connectivity index (χ0v) is 22.0. The minimum Gasteiger partial charge on any atom is -0.496 e. The van der Waals surface area contributed by atoms with Gasteiger partial charge in [0, 0.05) is 10.6 Å². The average Bonchev–Trinajstić information content (AvgIpc) is 2.83. The van der Waals surface area contributed by atoms with Crippen LogP contribution in [-0.4, -0.2) is 17.9 Å². The number of carbonyl (C=O) groups excluding carboxylic acids is 1. The van der Waals surface area contributed by atoms with Crippen LogP contribution >= 0.6 is 43.5 Å². The molecule has 0 saturated carbocycles. The maximum absolute atomic E-state index is 12.7. The van der Waals surface area contributed by atoms with Crippen LogP contribution in [0.4, 0.5) is 11.4 Å². The zero-order valence-electron chi connectivity index (χ0n) is 18.1. The van der Waals surface area contributed by atoms with Crippen LogP contribution < -0.4 is 14.8 Å². The fourth-order valence-electron chi connectivity index (χ4n) is 2.97. The molecule has 0 aliphatic carbocycles. The van der Waals surface area contributed by atoms with Gasteiger partial charge in [-0.25, -0.2) is 0 Å². The first-order valence-electron chi connectivity index (χ1n) is 9.84. The summed E-state index contributed by atoms with van der Waals surface area (Å²) in [4.78, 5) is 23.4. The van der Waals surface area contributed by atoms with Crippen molar-refractivity contribution in [2.45, 2.75) is 6.61 Å². The minimum absolute atomic E-state index is 0.0624. The molecule has 0 radical (unpaired) electrons. The summed E-state index contributed by atoms with van der Waals surface area (Å²) in [6, 6.07) is 16.5. The number of halogens is 3. The van der Waals surface area contributed by atoms with Crippen molar-refractivity contribution in [2.24, 2.45) is 0 Å². The van der Waals surface area contributed by atoms with E-state index in [2.05, 4.69) is 37.2 Å². The van der Waals surface area contributed by atoms with E-state index >= 15 is 0 Å². The largest absolute Gasteiger partial charge is 0.496 e. The molecule has 1 amide bonds. The van der Waals surface area contributed by atoms with Crippen molar-refractivity contribution < 1.29 is 19.2 Å². The molecule has 0 aromatic heterocycles. The summed E-state index contributed by atoms with van der Waals surface area (Å²) in [5, 5.41) is 23.9. The second kappa shape index (κ2) is 11.8. The summed E-state index contributed by atoms with van der Waals surface area (Å²) < 4.78 is 12.0. The van der Waals surface area contributed by atoms with Gasteiger partial charge in [0.25, 0.3) is 11.6 Å². The quantitative estimate of drug-likeness (QED) is 0.127. The van der Waals surface area contributed by atoms with Gasteiger partial charge in [0.1, 0.15) is 35.4 Å². The first-order chi connectivity index (χ1) is 16.7. The Morgan fingerprint density at radius 3 is 2.49 bits per heavy atom. The summed E-state index contributed by atoms with van der Waals surface area (Å²) in [6.07, 6.45) is 1.36. The molecule has 1 N–H and O–H groups in total. The molecule has 3 aromatic carbocycles. The normalized spacial score (nSPS) is 10.9. The van der Waals surface area contributed by atoms with Gasteiger partial charge in [-0.2, -0.15) is 5.26 Å². The van der Waals surface area contributed by atoms with E-state index in [1.54, 1.807) is 18.2 Å². The Labute approximate surface area is 222 Å². The van der Waals surface area contributed by atoms with Crippen molar-refractivity contribution >= 4 is 66.8 Å². The molecule has 0 unspecified atom stereocenters. The van der Waals surface area contributed by atoms with Gasteiger partial charge >= 0.3 is 0 Å². The Hall–Kier alpha value is -3.39. The third-order valence-electron chi connectivity index (χ3n) is 4.68. The maximum Gasteiger partial charge on any atom is 0.296 e. The summed E-state index contributed by atoms with van der Waals surface area (Å²) in [5.74, 6) is -0.0248. The first-order valence-corrected chi connectivity index (χ1v) is 11.8. The van der Waals surface area contributed by atoms with E-state index in [1.165, 1.54) is 31.4 Å². The van der Waals surface area contributed by atoms with Crippen LogP contribution in [0.15, 0.2) is 69.1 Å². The van der Waals surface area contributed by atoms with E-state index in [4.69, 9.17) is 21.1 Å². The van der Waals surface area contributed by atoms with Gasteiger partial charge in [-0.15, -0.1) is 0 Å². The number of rotatable bonds is 8. The smallest absolute Gasteiger partial charge is 0.296 e. The molecule has 0 aliphatic heterocycles. The average molecular weight is 622 g/mol. The number of benzene rings is 3. The fraction of sp³-hybridized carbons (Fsp3) is 0.0833. The van der Waals surface area contributed by atoms with Crippen molar-refractivity contribution in [3.05, 3.63) is 95.4 Å². The highest BCUT2D eigenvalue weighted by Gasteiger charge is 2.19. The number of nitrogens with zero attached hydrogens (tertiary/aromatic N) is 2. The highest BCUT2D eigenvalue weighted by Crippen LogP contribution is 2.36. The van der Waals surface area contributed by atoms with Gasteiger partial charge in [-0.05, 0) is 73.8 Å². The third-order valence-corrected chi connectivity index (χ3v) is 6.22. The summed E-state index contributed by atoms with van der Waals surface area (Å²) >= 11 is 13.1. The third kappa shape index (κ3) is 6.60. The molecule has 0 atom stereocenters. The van der Waals surface area contributed by atoms with Crippen LogP contribution in [-0.2, 0) is 11.4 Å². The highest BCUT2D eigenvalue weighted by molar-refractivity contribution is 9.11. The van der Waals surface area contributed by atoms with Crippen molar-refractivity contribution in [2.75, 3.05) is 12.4 Å². The second-order valence-corrected chi connectivity index (χ2v) is 9.07. The number of ether oxygens (including phenoxy) is 2. The van der Waals surface area contributed by atoms with Crippen LogP contribution in [0.25, 0.3) is 6.08 Å². The second-order valence-electron chi connectivity index (χ2n) is 6.96. The summed E-state index contributed by atoms with van der Waals surface area (Å²) in [7, 11) is 1.37. The molecule has 0 heterocycles. The summed E-state index contributed by atoms with van der Waals surface area (Å²) in [5.41, 5.74) is 0.657. The van der Waals surface area contributed by atoms with Crippen LogP contribution in [0.5, 0.6) is 11.5 Å². The van der Waals surface area contributed by atoms with Crippen molar-refractivity contribution in [1.82, 2.24) is 0 Å². The molecular weight excluding hydrogens is 606 g/mol. The number of methoxy groups -OCH3 is 1. The number of nitro benzene ring substituents is 1. The standard InChI is InChI=1S/C24H16Br2ClN3O5/c1-34-17-6-7-21(22(11-17)30(32)33)29-24(31)16(12-28)8-14-9-18(25)23(19(26)10-14)35-13-15-4-2-3-5-20(15)27/h2-11H,13H2,1H3,(H,29,31)/b16-8+. The Kier molecular flexibility index (Phi) is 8.87. The van der Waals surface area contributed by atoms with Gasteiger partial charge in [-0.3, -0.25) is 14.9 Å². The zero-order chi connectivity index (χ0) is 25.5. The number of hydrogen-bond donors (Lipinski definition) is 1. The van der Waals surface area contributed by atoms with Gasteiger partial charge in [0.2, 0.25) is 0 Å². The van der Waals surface area contributed by atoms with E-state index in [0.29, 0.717) is 25.3 Å². The molecule has 0 bridgehead atoms. The van der Waals surface area contributed by atoms with Gasteiger partial charge < -0.3 is 14.8 Å². The number of hydrogen-bond acceptors (Lipinski definition) is 6. The lowest BCUT2D eigenvalue weighted by Gasteiger charge is -2.12. The van der Waals surface area contributed by atoms with E-state index < -0.39 is 10.8 Å². The molecule has 0 spiro atoms. The molecule has 3 rings (SSSR count). The molecule has 0 aliphatic rings. The molecule has 178 valence electrons. The van der Waals surface area contributed by atoms with Crippen molar-refractivity contribution in [3.63, 3.8) is 0 Å². The Morgan fingerprint density at radius 2 is 1.89 bits per heavy atom. The lowest BCUT2D eigenvalue weighted by Crippen LogP contribution is -2.14. The predicted molar refractivity (Wildman–Crippen MR) is 139 cm³/mol. The van der Waals surface area contributed by atoms with Gasteiger partial charge in [0.05, 0.1) is 27.0 Å². The molecule has 11 heteroatoms. The van der Waals surface area contributed by atoms with Crippen LogP contribution in [0.3, 0.4) is 0 Å². The number of nitriles is 1. The Morgan fingerprint density at radius 1 is 1.20 bits per heavy atom. The molecule has 0 saturated heterocycles. The maximum atomic E-state index is 12.7. The van der Waals surface area contributed by atoms with Crippen LogP contribution in [0.2, 0.25) is 5.02 Å². The monoisotopic (exact) mass is 619 g/mol. The first kappa shape index (κ1) is 26.2. The summed E-state index contributed by atoms with van der Waals surface area (Å²) in [6.45, 7) is 0.235. The lowest BCUT2D eigenvalue weighted by atomic mass is 10.1. The number of anilines is 1. The molecule has 8 nitrogen and oxygen atoms in total.